The van der Waals surface area contributed by atoms with Crippen molar-refractivity contribution >= 4 is 39.1 Å². The molecule has 0 spiro atoms. The van der Waals surface area contributed by atoms with Gasteiger partial charge in [-0.3, -0.25) is 0 Å². The molecule has 2 N–H and O–H groups in total. The molecule has 0 saturated heterocycles. The molecule has 9 aromatic rings. The Hall–Kier alpha value is -7.68. The third-order valence-electron chi connectivity index (χ3n) is 11.4. The second kappa shape index (κ2) is 21.4. The average molecular weight is 831 g/mol. The Morgan fingerprint density at radius 2 is 0.797 bits per heavy atom. The molecule has 0 aliphatic carbocycles. The highest BCUT2D eigenvalue weighted by molar-refractivity contribution is 6.07. The van der Waals surface area contributed by atoms with E-state index >= 15 is 0 Å². The van der Waals surface area contributed by atoms with Crippen LogP contribution in [0.3, 0.4) is 0 Å². The van der Waals surface area contributed by atoms with E-state index in [0.29, 0.717) is 0 Å². The Balaban J connectivity index is 0.000000232. The lowest BCUT2D eigenvalue weighted by Gasteiger charge is -2.21. The first-order valence-electron chi connectivity index (χ1n) is 22.3. The summed E-state index contributed by atoms with van der Waals surface area (Å²) < 4.78 is 0. The minimum Gasteiger partial charge on any atom is -0.356 e. The second-order valence-electron chi connectivity index (χ2n) is 15.8. The van der Waals surface area contributed by atoms with E-state index in [9.17, 15) is 0 Å². The number of nitrogens with one attached hydrogen (secondary N) is 2. The first kappa shape index (κ1) is 44.4. The summed E-state index contributed by atoms with van der Waals surface area (Å²) in [5, 5.41) is 9.48. The van der Waals surface area contributed by atoms with Gasteiger partial charge in [0, 0.05) is 22.7 Å². The summed E-state index contributed by atoms with van der Waals surface area (Å²) in [6.45, 7) is 16.8. The van der Waals surface area contributed by atoms with Gasteiger partial charge in [-0.1, -0.05) is 196 Å². The molecular weight excluding hydrogens is 773 g/mol. The van der Waals surface area contributed by atoms with Gasteiger partial charge in [-0.25, -0.2) is 0 Å². The number of rotatable bonds is 10. The molecule has 0 aliphatic heterocycles. The van der Waals surface area contributed by atoms with Crippen LogP contribution < -0.4 is 10.6 Å². The number of hydrogen-bond donors (Lipinski definition) is 2. The third kappa shape index (κ3) is 10.7. The molecule has 64 heavy (non-hydrogen) atoms. The van der Waals surface area contributed by atoms with Crippen molar-refractivity contribution in [3.05, 3.63) is 258 Å². The molecule has 9 rings (SSSR count). The number of allylic oxidation sites excluding steroid dienone is 2. The molecule has 0 unspecified atom stereocenters. The molecule has 2 heteroatoms. The monoisotopic (exact) mass is 830 g/mol. The van der Waals surface area contributed by atoms with E-state index in [1.54, 1.807) is 0 Å². The molecule has 0 fully saturated rings. The van der Waals surface area contributed by atoms with E-state index in [1.165, 1.54) is 83.1 Å². The van der Waals surface area contributed by atoms with E-state index in [2.05, 4.69) is 245 Å². The van der Waals surface area contributed by atoms with Crippen LogP contribution in [0, 0.1) is 20.8 Å². The van der Waals surface area contributed by atoms with Gasteiger partial charge in [0.1, 0.15) is 0 Å². The largest absolute Gasteiger partial charge is 0.356 e. The molecule has 9 aromatic carbocycles. The van der Waals surface area contributed by atoms with Gasteiger partial charge in [0.05, 0.1) is 0 Å². The van der Waals surface area contributed by atoms with Crippen molar-refractivity contribution in [1.29, 1.82) is 0 Å². The molecule has 0 atom stereocenters. The lowest BCUT2D eigenvalue weighted by Crippen LogP contribution is -1.99. The van der Waals surface area contributed by atoms with Crippen molar-refractivity contribution in [1.82, 2.24) is 0 Å². The highest BCUT2D eigenvalue weighted by Gasteiger charge is 2.18. The van der Waals surface area contributed by atoms with Crippen LogP contribution >= 0.6 is 0 Å². The quantitative estimate of drug-likeness (QED) is 0.134. The maximum atomic E-state index is 4.13. The van der Waals surface area contributed by atoms with Gasteiger partial charge in [0.15, 0.2) is 0 Å². The van der Waals surface area contributed by atoms with Crippen molar-refractivity contribution in [2.75, 3.05) is 10.6 Å². The van der Waals surface area contributed by atoms with Crippen LogP contribution in [0.5, 0.6) is 0 Å². The number of benzene rings is 9. The zero-order valence-electron chi connectivity index (χ0n) is 38.0. The highest BCUT2D eigenvalue weighted by Crippen LogP contribution is 2.41. The lowest BCUT2D eigenvalue weighted by atomic mass is 9.83. The Morgan fingerprint density at radius 3 is 1.27 bits per heavy atom. The molecule has 2 nitrogen and oxygen atoms in total. The average Bonchev–Trinajstić information content (AvgIpc) is 3.35. The Labute approximate surface area is 381 Å². The second-order valence-corrected chi connectivity index (χ2v) is 15.8. The van der Waals surface area contributed by atoms with Gasteiger partial charge >= 0.3 is 0 Å². The summed E-state index contributed by atoms with van der Waals surface area (Å²) in [5.41, 5.74) is 20.5. The van der Waals surface area contributed by atoms with Crippen LogP contribution in [0.4, 0.5) is 22.7 Å². The van der Waals surface area contributed by atoms with Crippen LogP contribution in [0.1, 0.15) is 48.6 Å². The zero-order chi connectivity index (χ0) is 44.8. The van der Waals surface area contributed by atoms with Crippen molar-refractivity contribution in [2.45, 2.75) is 41.5 Å². The maximum absolute atomic E-state index is 4.13. The van der Waals surface area contributed by atoms with Crippen molar-refractivity contribution in [3.8, 4) is 33.4 Å². The summed E-state index contributed by atoms with van der Waals surface area (Å²) in [5.74, 6) is 0. The molecule has 0 aromatic heterocycles. The predicted octanol–water partition coefficient (Wildman–Crippen LogP) is 18.0. The smallest absolute Gasteiger partial charge is 0.0384 e. The molecule has 0 radical (unpaired) electrons. The summed E-state index contributed by atoms with van der Waals surface area (Å²) in [6, 6.07) is 74.9. The maximum Gasteiger partial charge on any atom is 0.0384 e. The molecule has 0 amide bonds. The van der Waals surface area contributed by atoms with Crippen molar-refractivity contribution < 1.29 is 0 Å². The first-order valence-corrected chi connectivity index (χ1v) is 22.3. The standard InChI is InChI=1S/C41H35N.C19H17N.C2H6/c1-5-28(2)40(36-16-10-9-13-29(36)3)41-30(4)27-39(37-17-11-12-18-38(37)41)33-21-25-35(26-22-33)42-34-23-19-32(20-24-34)31-14-7-6-8-15-31;1-15-7-11-18(12-8-15)20-19-13-9-17(10-14-19)16-5-3-2-4-6-16;1-2/h5-27,42H,1H2,2-4H3;2-14,20H,1H3;1-2H3. The van der Waals surface area contributed by atoms with Crippen molar-refractivity contribution in [3.63, 3.8) is 0 Å². The minimum atomic E-state index is 1.07. The molecular formula is C62H58N2. The van der Waals surface area contributed by atoms with Crippen LogP contribution in [-0.4, -0.2) is 0 Å². The molecule has 0 heterocycles. The number of hydrogen-bond acceptors (Lipinski definition) is 2. The van der Waals surface area contributed by atoms with Crippen LogP contribution in [-0.2, 0) is 0 Å². The number of anilines is 4. The molecule has 0 aliphatic rings. The topological polar surface area (TPSA) is 24.1 Å². The van der Waals surface area contributed by atoms with Gasteiger partial charge in [0.25, 0.3) is 0 Å². The van der Waals surface area contributed by atoms with Gasteiger partial charge < -0.3 is 10.6 Å². The van der Waals surface area contributed by atoms with Crippen LogP contribution in [0.2, 0.25) is 0 Å². The lowest BCUT2D eigenvalue weighted by molar-refractivity contribution is 1.37. The fraction of sp³-hybridized carbons (Fsp3) is 0.0968. The SMILES string of the molecule is C=CC(C)=C(c1ccccc1C)c1c(C)cc(-c2ccc(Nc3ccc(-c4ccccc4)cc3)cc2)c2ccccc12.CC.Cc1ccc(Nc2ccc(-c3ccccc3)cc2)cc1. The van der Waals surface area contributed by atoms with E-state index in [-0.39, 0.29) is 0 Å². The van der Waals surface area contributed by atoms with E-state index in [1.807, 2.05) is 32.1 Å². The zero-order valence-corrected chi connectivity index (χ0v) is 38.0. The molecule has 0 bridgehead atoms. The van der Waals surface area contributed by atoms with Crippen molar-refractivity contribution in [2.24, 2.45) is 0 Å². The summed E-state index contributed by atoms with van der Waals surface area (Å²) >= 11 is 0. The highest BCUT2D eigenvalue weighted by atomic mass is 14.9. The van der Waals surface area contributed by atoms with Crippen LogP contribution in [0.25, 0.3) is 49.7 Å². The fourth-order valence-corrected chi connectivity index (χ4v) is 8.04. The van der Waals surface area contributed by atoms with Crippen LogP contribution in [0.15, 0.2) is 231 Å². The fourth-order valence-electron chi connectivity index (χ4n) is 8.04. The Morgan fingerprint density at radius 1 is 0.406 bits per heavy atom. The summed E-state index contributed by atoms with van der Waals surface area (Å²) in [7, 11) is 0. The Kier molecular flexibility index (Phi) is 14.8. The van der Waals surface area contributed by atoms with E-state index in [4.69, 9.17) is 0 Å². The van der Waals surface area contributed by atoms with Gasteiger partial charge in [-0.05, 0) is 154 Å². The predicted molar refractivity (Wildman–Crippen MR) is 280 cm³/mol. The number of fused-ring (bicyclic) bond motifs is 1. The van der Waals surface area contributed by atoms with Gasteiger partial charge in [0.2, 0.25) is 0 Å². The minimum absolute atomic E-state index is 1.07. The van der Waals surface area contributed by atoms with E-state index < -0.39 is 0 Å². The number of aryl methyl sites for hydroxylation is 3. The Bertz CT molecular complexity index is 2940. The molecule has 0 saturated carbocycles. The molecule has 316 valence electrons. The van der Waals surface area contributed by atoms with Gasteiger partial charge in [-0.2, -0.15) is 0 Å². The summed E-state index contributed by atoms with van der Waals surface area (Å²) in [4.78, 5) is 0. The van der Waals surface area contributed by atoms with Gasteiger partial charge in [-0.15, -0.1) is 0 Å². The normalized spacial score (nSPS) is 11.0. The summed E-state index contributed by atoms with van der Waals surface area (Å²) in [6.07, 6.45) is 1.98. The third-order valence-corrected chi connectivity index (χ3v) is 11.4. The van der Waals surface area contributed by atoms with E-state index in [0.717, 1.165) is 22.7 Å². The first-order chi connectivity index (χ1) is 31.3.